The van der Waals surface area contributed by atoms with Crippen LogP contribution in [0.25, 0.3) is 0 Å². The first kappa shape index (κ1) is 10.4. The van der Waals surface area contributed by atoms with Gasteiger partial charge in [-0.15, -0.1) is 0 Å². The quantitative estimate of drug-likeness (QED) is 0.523. The van der Waals surface area contributed by atoms with Gasteiger partial charge in [0.2, 0.25) is 0 Å². The van der Waals surface area contributed by atoms with E-state index in [0.717, 1.165) is 0 Å². The number of hydrogen-bond acceptors (Lipinski definition) is 3. The fraction of sp³-hybridized carbons (Fsp3) is 0.857. The molecule has 0 radical (unpaired) electrons. The second-order valence-electron chi connectivity index (χ2n) is 2.76. The Kier molecular flexibility index (Phi) is 4.81. The van der Waals surface area contributed by atoms with Crippen LogP contribution in [-0.4, -0.2) is 34.9 Å². The SMILES string of the molecule is CC(O)CNC(C)CC(=O)O. The first-order valence-corrected chi connectivity index (χ1v) is 3.65. The van der Waals surface area contributed by atoms with Gasteiger partial charge in [0.05, 0.1) is 12.5 Å². The third kappa shape index (κ3) is 7.29. The van der Waals surface area contributed by atoms with E-state index in [4.69, 9.17) is 10.2 Å². The molecule has 0 aromatic heterocycles. The van der Waals surface area contributed by atoms with Gasteiger partial charge in [-0.05, 0) is 13.8 Å². The lowest BCUT2D eigenvalue weighted by atomic mass is 10.2. The molecular formula is C7H15NO3. The first-order valence-electron chi connectivity index (χ1n) is 3.65. The highest BCUT2D eigenvalue weighted by atomic mass is 16.4. The summed E-state index contributed by atoms with van der Waals surface area (Å²) < 4.78 is 0. The lowest BCUT2D eigenvalue weighted by molar-refractivity contribution is -0.137. The molecule has 4 heteroatoms. The zero-order chi connectivity index (χ0) is 8.85. The summed E-state index contributed by atoms with van der Waals surface area (Å²) in [6.07, 6.45) is -0.335. The van der Waals surface area contributed by atoms with Crippen LogP contribution in [0.1, 0.15) is 20.3 Å². The number of hydrogen-bond donors (Lipinski definition) is 3. The van der Waals surface area contributed by atoms with Crippen molar-refractivity contribution in [1.82, 2.24) is 5.32 Å². The van der Waals surface area contributed by atoms with Crippen LogP contribution in [0.15, 0.2) is 0 Å². The number of carboxylic acids is 1. The predicted octanol–water partition coefficient (Wildman–Crippen LogP) is -0.180. The maximum Gasteiger partial charge on any atom is 0.304 e. The van der Waals surface area contributed by atoms with Crippen molar-refractivity contribution in [3.05, 3.63) is 0 Å². The summed E-state index contributed by atoms with van der Waals surface area (Å²) in [6, 6.07) is -0.0814. The van der Waals surface area contributed by atoms with E-state index in [0.29, 0.717) is 6.54 Å². The third-order valence-electron chi connectivity index (χ3n) is 1.24. The molecule has 66 valence electrons. The number of carbonyl (C=O) groups is 1. The van der Waals surface area contributed by atoms with Gasteiger partial charge in [-0.3, -0.25) is 4.79 Å². The average Bonchev–Trinajstić information content (AvgIpc) is 1.82. The number of rotatable bonds is 5. The lowest BCUT2D eigenvalue weighted by Crippen LogP contribution is -2.33. The number of aliphatic carboxylic acids is 1. The number of aliphatic hydroxyl groups is 1. The molecule has 0 saturated heterocycles. The van der Waals surface area contributed by atoms with Crippen LogP contribution in [-0.2, 0) is 4.79 Å². The van der Waals surface area contributed by atoms with Crippen LogP contribution < -0.4 is 5.32 Å². The maximum atomic E-state index is 10.2. The number of carboxylic acid groups (broad SMARTS) is 1. The first-order chi connectivity index (χ1) is 5.02. The van der Waals surface area contributed by atoms with Gasteiger partial charge in [0, 0.05) is 12.6 Å². The molecule has 0 bridgehead atoms. The largest absolute Gasteiger partial charge is 0.481 e. The summed E-state index contributed by atoms with van der Waals surface area (Å²) in [4.78, 5) is 10.2. The van der Waals surface area contributed by atoms with Crippen molar-refractivity contribution in [1.29, 1.82) is 0 Å². The molecule has 4 nitrogen and oxygen atoms in total. The van der Waals surface area contributed by atoms with Gasteiger partial charge in [0.1, 0.15) is 0 Å². The van der Waals surface area contributed by atoms with E-state index in [1.165, 1.54) is 0 Å². The Bertz CT molecular complexity index is 125. The number of aliphatic hydroxyl groups excluding tert-OH is 1. The summed E-state index contributed by atoms with van der Waals surface area (Å²) in [6.45, 7) is 3.87. The van der Waals surface area contributed by atoms with E-state index in [1.807, 2.05) is 0 Å². The predicted molar refractivity (Wildman–Crippen MR) is 41.4 cm³/mol. The molecule has 0 aliphatic heterocycles. The molecule has 0 aliphatic rings. The summed E-state index contributed by atoms with van der Waals surface area (Å²) in [5.41, 5.74) is 0. The van der Waals surface area contributed by atoms with E-state index >= 15 is 0 Å². The van der Waals surface area contributed by atoms with Crippen LogP contribution in [0.5, 0.6) is 0 Å². The maximum absolute atomic E-state index is 10.2. The molecule has 0 aromatic carbocycles. The second kappa shape index (κ2) is 5.09. The van der Waals surface area contributed by atoms with Crippen molar-refractivity contribution < 1.29 is 15.0 Å². The Balaban J connectivity index is 3.37. The van der Waals surface area contributed by atoms with Crippen molar-refractivity contribution in [3.63, 3.8) is 0 Å². The normalized spacial score (nSPS) is 15.9. The van der Waals surface area contributed by atoms with Crippen molar-refractivity contribution in [2.45, 2.75) is 32.4 Å². The fourth-order valence-corrected chi connectivity index (χ4v) is 0.706. The van der Waals surface area contributed by atoms with Crippen molar-refractivity contribution in [2.24, 2.45) is 0 Å². The standard InChI is InChI=1S/C7H15NO3/c1-5(3-7(10)11)8-4-6(2)9/h5-6,8-9H,3-4H2,1-2H3,(H,10,11). The van der Waals surface area contributed by atoms with Crippen molar-refractivity contribution >= 4 is 5.97 Å². The molecule has 0 heterocycles. The molecule has 2 atom stereocenters. The van der Waals surface area contributed by atoms with Crippen LogP contribution in [0.4, 0.5) is 0 Å². The molecule has 3 N–H and O–H groups in total. The van der Waals surface area contributed by atoms with Crippen LogP contribution >= 0.6 is 0 Å². The number of nitrogens with one attached hydrogen (secondary N) is 1. The Labute approximate surface area is 66.2 Å². The van der Waals surface area contributed by atoms with Gasteiger partial charge in [-0.25, -0.2) is 0 Å². The highest BCUT2D eigenvalue weighted by Gasteiger charge is 2.06. The highest BCUT2D eigenvalue weighted by molar-refractivity contribution is 5.67. The molecule has 0 fully saturated rings. The van der Waals surface area contributed by atoms with Gasteiger partial charge in [0.25, 0.3) is 0 Å². The van der Waals surface area contributed by atoms with Crippen LogP contribution in [0.2, 0.25) is 0 Å². The summed E-state index contributed by atoms with van der Waals surface area (Å²) in [5.74, 6) is -0.824. The topological polar surface area (TPSA) is 69.6 Å². The monoisotopic (exact) mass is 161 g/mol. The molecule has 11 heavy (non-hydrogen) atoms. The summed E-state index contributed by atoms with van der Waals surface area (Å²) in [7, 11) is 0. The van der Waals surface area contributed by atoms with Gasteiger partial charge in [-0.1, -0.05) is 0 Å². The molecular weight excluding hydrogens is 146 g/mol. The van der Waals surface area contributed by atoms with Gasteiger partial charge in [-0.2, -0.15) is 0 Å². The Morgan fingerprint density at radius 3 is 2.45 bits per heavy atom. The lowest BCUT2D eigenvalue weighted by Gasteiger charge is -2.12. The molecule has 0 aliphatic carbocycles. The van der Waals surface area contributed by atoms with Crippen molar-refractivity contribution in [2.75, 3.05) is 6.54 Å². The minimum absolute atomic E-state index is 0.0814. The van der Waals surface area contributed by atoms with Gasteiger partial charge in [0.15, 0.2) is 0 Å². The van der Waals surface area contributed by atoms with E-state index < -0.39 is 12.1 Å². The zero-order valence-corrected chi connectivity index (χ0v) is 6.87. The van der Waals surface area contributed by atoms with E-state index in [-0.39, 0.29) is 12.5 Å². The molecule has 0 rings (SSSR count). The molecule has 0 aromatic rings. The minimum atomic E-state index is -0.824. The Morgan fingerprint density at radius 2 is 2.09 bits per heavy atom. The van der Waals surface area contributed by atoms with E-state index in [2.05, 4.69) is 5.32 Å². The van der Waals surface area contributed by atoms with Gasteiger partial charge < -0.3 is 15.5 Å². The van der Waals surface area contributed by atoms with E-state index in [9.17, 15) is 4.79 Å². The second-order valence-corrected chi connectivity index (χ2v) is 2.76. The third-order valence-corrected chi connectivity index (χ3v) is 1.24. The molecule has 0 amide bonds. The summed E-state index contributed by atoms with van der Waals surface area (Å²) >= 11 is 0. The molecule has 0 saturated carbocycles. The smallest absolute Gasteiger partial charge is 0.304 e. The van der Waals surface area contributed by atoms with Crippen LogP contribution in [0.3, 0.4) is 0 Å². The summed E-state index contributed by atoms with van der Waals surface area (Å²) in [5, 5.41) is 20.1. The Morgan fingerprint density at radius 1 is 1.55 bits per heavy atom. The molecule has 0 spiro atoms. The minimum Gasteiger partial charge on any atom is -0.481 e. The highest BCUT2D eigenvalue weighted by Crippen LogP contribution is 1.89. The fourth-order valence-electron chi connectivity index (χ4n) is 0.706. The zero-order valence-electron chi connectivity index (χ0n) is 6.87. The Hall–Kier alpha value is -0.610. The van der Waals surface area contributed by atoms with Gasteiger partial charge >= 0.3 is 5.97 Å². The molecule has 2 unspecified atom stereocenters. The van der Waals surface area contributed by atoms with Crippen LogP contribution in [0, 0.1) is 0 Å². The average molecular weight is 161 g/mol. The van der Waals surface area contributed by atoms with Crippen molar-refractivity contribution in [3.8, 4) is 0 Å². The van der Waals surface area contributed by atoms with E-state index in [1.54, 1.807) is 13.8 Å².